The molecule has 1 saturated heterocycles. The summed E-state index contributed by atoms with van der Waals surface area (Å²) in [6, 6.07) is 3.82. The van der Waals surface area contributed by atoms with Gasteiger partial charge < -0.3 is 24.2 Å². The van der Waals surface area contributed by atoms with E-state index >= 15 is 0 Å². The van der Waals surface area contributed by atoms with Crippen LogP contribution in [-0.2, 0) is 14.3 Å². The highest BCUT2D eigenvalue weighted by Crippen LogP contribution is 2.43. The maximum atomic E-state index is 12.6. The van der Waals surface area contributed by atoms with Gasteiger partial charge in [-0.2, -0.15) is 0 Å². The number of piperidine rings is 1. The van der Waals surface area contributed by atoms with E-state index in [2.05, 4.69) is 23.7 Å². The van der Waals surface area contributed by atoms with Gasteiger partial charge in [0.2, 0.25) is 0 Å². The Morgan fingerprint density at radius 2 is 1.79 bits per heavy atom. The van der Waals surface area contributed by atoms with Gasteiger partial charge in [0.15, 0.2) is 6.10 Å². The zero-order chi connectivity index (χ0) is 28.2. The fraction of sp³-hybridized carbons (Fsp3) is 0.645. The Balaban J connectivity index is 1.63. The lowest BCUT2D eigenvalue weighted by atomic mass is 9.82. The molecule has 4 rings (SSSR count). The van der Waals surface area contributed by atoms with Crippen molar-refractivity contribution in [3.8, 4) is 17.0 Å². The summed E-state index contributed by atoms with van der Waals surface area (Å²) < 4.78 is 17.9. The SMILES string of the molecule is Cc1ncc(-c2ccc(OCCOC3CCCC3)cn2)c(N2CCC(C)(C)CC2)c1[C@H](OC(C)(C)C)C(=O)O. The molecule has 0 aromatic carbocycles. The molecule has 0 amide bonds. The van der Waals surface area contributed by atoms with E-state index in [-0.39, 0.29) is 5.41 Å². The molecule has 1 N–H and O–H groups in total. The van der Waals surface area contributed by atoms with Crippen LogP contribution in [0.1, 0.15) is 90.5 Å². The minimum Gasteiger partial charge on any atom is -0.490 e. The third-order valence-electron chi connectivity index (χ3n) is 7.70. The van der Waals surface area contributed by atoms with Gasteiger partial charge in [-0.25, -0.2) is 4.79 Å². The first-order valence-corrected chi connectivity index (χ1v) is 14.3. The van der Waals surface area contributed by atoms with Crippen LogP contribution in [-0.4, -0.2) is 59.1 Å². The first-order chi connectivity index (χ1) is 18.4. The molecule has 1 aliphatic heterocycles. The molecule has 0 unspecified atom stereocenters. The van der Waals surface area contributed by atoms with Crippen molar-refractivity contribution in [1.29, 1.82) is 0 Å². The summed E-state index contributed by atoms with van der Waals surface area (Å²) in [5.41, 5.74) is 3.21. The Labute approximate surface area is 233 Å². The highest BCUT2D eigenvalue weighted by Gasteiger charge is 2.36. The normalized spacial score (nSPS) is 18.8. The summed E-state index contributed by atoms with van der Waals surface area (Å²) in [6.45, 7) is 14.7. The van der Waals surface area contributed by atoms with Crippen LogP contribution in [0.2, 0.25) is 0 Å². The van der Waals surface area contributed by atoms with E-state index < -0.39 is 17.7 Å². The van der Waals surface area contributed by atoms with Gasteiger partial charge in [-0.05, 0) is 70.9 Å². The van der Waals surface area contributed by atoms with E-state index in [1.54, 1.807) is 6.20 Å². The standard InChI is InChI=1S/C31H45N3O5/c1-21-26(28(29(35)36)39-30(2,3)4)27(34-15-13-31(5,6)14-16-34)24(20-32-21)25-12-11-23(19-33-25)38-18-17-37-22-9-7-8-10-22/h11-12,19-20,22,28H,7-10,13-18H2,1-6H3,(H,35,36)/t28-/m0/s1. The summed E-state index contributed by atoms with van der Waals surface area (Å²) in [7, 11) is 0. The van der Waals surface area contributed by atoms with Gasteiger partial charge in [0, 0.05) is 36.1 Å². The molecule has 3 heterocycles. The number of anilines is 1. The van der Waals surface area contributed by atoms with Crippen LogP contribution in [0.5, 0.6) is 5.75 Å². The van der Waals surface area contributed by atoms with Crippen LogP contribution in [0.25, 0.3) is 11.3 Å². The fourth-order valence-electron chi connectivity index (χ4n) is 5.43. The molecule has 1 atom stereocenters. The lowest BCUT2D eigenvalue weighted by Crippen LogP contribution is -2.39. The summed E-state index contributed by atoms with van der Waals surface area (Å²) in [6.07, 6.45) is 9.54. The highest BCUT2D eigenvalue weighted by molar-refractivity contribution is 5.85. The molecule has 214 valence electrons. The van der Waals surface area contributed by atoms with E-state index in [0.717, 1.165) is 55.7 Å². The number of carboxylic acid groups (broad SMARTS) is 1. The third kappa shape index (κ3) is 7.70. The molecule has 2 aromatic heterocycles. The van der Waals surface area contributed by atoms with E-state index in [0.29, 0.717) is 36.3 Å². The van der Waals surface area contributed by atoms with Crippen LogP contribution >= 0.6 is 0 Å². The van der Waals surface area contributed by atoms with Crippen molar-refractivity contribution in [2.75, 3.05) is 31.2 Å². The molecular formula is C31H45N3O5. The molecule has 8 nitrogen and oxygen atoms in total. The van der Waals surface area contributed by atoms with Gasteiger partial charge in [0.05, 0.1) is 35.9 Å². The van der Waals surface area contributed by atoms with Gasteiger partial charge in [0.1, 0.15) is 12.4 Å². The molecule has 0 spiro atoms. The van der Waals surface area contributed by atoms with E-state index in [4.69, 9.17) is 19.2 Å². The van der Waals surface area contributed by atoms with Gasteiger partial charge in [-0.1, -0.05) is 26.7 Å². The van der Waals surface area contributed by atoms with Crippen LogP contribution < -0.4 is 9.64 Å². The number of aliphatic carboxylic acids is 1. The number of carbonyl (C=O) groups is 1. The summed E-state index contributed by atoms with van der Waals surface area (Å²) in [4.78, 5) is 24.2. The predicted octanol–water partition coefficient (Wildman–Crippen LogP) is 6.36. The molecule has 2 fully saturated rings. The first kappa shape index (κ1) is 29.3. The van der Waals surface area contributed by atoms with Crippen molar-refractivity contribution in [1.82, 2.24) is 9.97 Å². The Bertz CT molecular complexity index is 1110. The number of rotatable bonds is 10. The van der Waals surface area contributed by atoms with Crippen LogP contribution in [0.4, 0.5) is 5.69 Å². The monoisotopic (exact) mass is 539 g/mol. The van der Waals surface area contributed by atoms with Gasteiger partial charge in [-0.3, -0.25) is 9.97 Å². The number of aryl methyl sites for hydroxylation is 1. The Morgan fingerprint density at radius 1 is 1.10 bits per heavy atom. The number of nitrogens with zero attached hydrogens (tertiary/aromatic N) is 3. The largest absolute Gasteiger partial charge is 0.490 e. The molecule has 2 aromatic rings. The van der Waals surface area contributed by atoms with Crippen LogP contribution in [0.3, 0.4) is 0 Å². The van der Waals surface area contributed by atoms with Gasteiger partial charge >= 0.3 is 5.97 Å². The minimum absolute atomic E-state index is 0.242. The second-order valence-electron chi connectivity index (χ2n) is 12.6. The topological polar surface area (TPSA) is 94.0 Å². The van der Waals surface area contributed by atoms with Crippen molar-refractivity contribution >= 4 is 11.7 Å². The molecular weight excluding hydrogens is 494 g/mol. The van der Waals surface area contributed by atoms with E-state index in [9.17, 15) is 9.90 Å². The van der Waals surface area contributed by atoms with Gasteiger partial charge in [-0.15, -0.1) is 0 Å². The Morgan fingerprint density at radius 3 is 2.38 bits per heavy atom. The molecule has 39 heavy (non-hydrogen) atoms. The average Bonchev–Trinajstić information content (AvgIpc) is 3.39. The number of ether oxygens (including phenoxy) is 3. The summed E-state index contributed by atoms with van der Waals surface area (Å²) in [5, 5.41) is 10.3. The molecule has 8 heteroatoms. The smallest absolute Gasteiger partial charge is 0.337 e. The maximum Gasteiger partial charge on any atom is 0.337 e. The van der Waals surface area contributed by atoms with Crippen LogP contribution in [0.15, 0.2) is 24.5 Å². The highest BCUT2D eigenvalue weighted by atomic mass is 16.5. The van der Waals surface area contributed by atoms with E-state index in [1.807, 2.05) is 46.0 Å². The summed E-state index contributed by atoms with van der Waals surface area (Å²) >= 11 is 0. The second-order valence-corrected chi connectivity index (χ2v) is 12.6. The number of hydrogen-bond donors (Lipinski definition) is 1. The molecule has 0 radical (unpaired) electrons. The zero-order valence-electron chi connectivity index (χ0n) is 24.5. The van der Waals surface area contributed by atoms with Gasteiger partial charge in [0.25, 0.3) is 0 Å². The van der Waals surface area contributed by atoms with Crippen molar-refractivity contribution in [3.05, 3.63) is 35.8 Å². The lowest BCUT2D eigenvalue weighted by Gasteiger charge is -2.40. The number of aromatic nitrogens is 2. The molecule has 2 aliphatic rings. The predicted molar refractivity (Wildman–Crippen MR) is 152 cm³/mol. The lowest BCUT2D eigenvalue weighted by molar-refractivity contribution is -0.160. The van der Waals surface area contributed by atoms with Crippen molar-refractivity contribution in [2.45, 2.75) is 97.9 Å². The summed E-state index contributed by atoms with van der Waals surface area (Å²) in [5.74, 6) is -0.350. The maximum absolute atomic E-state index is 12.6. The second kappa shape index (κ2) is 12.2. The quantitative estimate of drug-likeness (QED) is 0.349. The number of pyridine rings is 2. The number of hydrogen-bond acceptors (Lipinski definition) is 7. The van der Waals surface area contributed by atoms with Crippen LogP contribution in [0, 0.1) is 12.3 Å². The average molecular weight is 540 g/mol. The van der Waals surface area contributed by atoms with Crippen molar-refractivity contribution in [3.63, 3.8) is 0 Å². The third-order valence-corrected chi connectivity index (χ3v) is 7.70. The Kier molecular flexibility index (Phi) is 9.17. The molecule has 0 bridgehead atoms. The van der Waals surface area contributed by atoms with Crippen molar-refractivity contribution < 1.29 is 24.1 Å². The molecule has 1 aliphatic carbocycles. The first-order valence-electron chi connectivity index (χ1n) is 14.3. The van der Waals surface area contributed by atoms with Crippen molar-refractivity contribution in [2.24, 2.45) is 5.41 Å². The van der Waals surface area contributed by atoms with E-state index in [1.165, 1.54) is 12.8 Å². The minimum atomic E-state index is -1.15. The number of carboxylic acids is 1. The fourth-order valence-corrected chi connectivity index (χ4v) is 5.43. The zero-order valence-corrected chi connectivity index (χ0v) is 24.5. The molecule has 1 saturated carbocycles. The Hall–Kier alpha value is -2.71.